The average molecular weight is 389 g/mol. The van der Waals surface area contributed by atoms with Crippen LogP contribution in [0.25, 0.3) is 5.65 Å². The summed E-state index contributed by atoms with van der Waals surface area (Å²) in [6.45, 7) is 5.25. The summed E-state index contributed by atoms with van der Waals surface area (Å²) in [5, 5.41) is 4.33. The van der Waals surface area contributed by atoms with Crippen LogP contribution in [0.1, 0.15) is 61.3 Å². The van der Waals surface area contributed by atoms with Crippen molar-refractivity contribution in [2.24, 2.45) is 0 Å². The van der Waals surface area contributed by atoms with E-state index < -0.39 is 11.9 Å². The van der Waals surface area contributed by atoms with Gasteiger partial charge in [0.2, 0.25) is 0 Å². The lowest BCUT2D eigenvalue weighted by Gasteiger charge is -2.22. The van der Waals surface area contributed by atoms with Gasteiger partial charge in [-0.15, -0.1) is 0 Å². The molecule has 28 heavy (non-hydrogen) atoms. The van der Waals surface area contributed by atoms with Gasteiger partial charge in [0.1, 0.15) is 5.69 Å². The lowest BCUT2D eigenvalue weighted by Crippen LogP contribution is -2.23. The van der Waals surface area contributed by atoms with Crippen LogP contribution in [0.5, 0.6) is 0 Å². The molecule has 0 aliphatic carbocycles. The molecular formula is C20H22F3N5. The van der Waals surface area contributed by atoms with Gasteiger partial charge in [-0.3, -0.25) is 9.88 Å². The van der Waals surface area contributed by atoms with Crippen LogP contribution < -0.4 is 0 Å². The standard InChI is InChI=1S/C20H22F3N5/c1-13(2)15-9-18(20(21,22)23)28-19(25-15)10-16(26-28)17-6-4-8-27(17)12-14-5-3-7-24-11-14/h3,5,7,9-11,13,17H,4,6,8,12H2,1-2H3. The summed E-state index contributed by atoms with van der Waals surface area (Å²) in [4.78, 5) is 10.8. The maximum Gasteiger partial charge on any atom is 0.433 e. The molecular weight excluding hydrogens is 367 g/mol. The molecule has 3 aromatic rings. The fourth-order valence-electron chi connectivity index (χ4n) is 3.75. The second-order valence-electron chi connectivity index (χ2n) is 7.55. The minimum atomic E-state index is -4.49. The largest absolute Gasteiger partial charge is 0.433 e. The van der Waals surface area contributed by atoms with E-state index in [1.807, 2.05) is 32.2 Å². The van der Waals surface area contributed by atoms with Crippen molar-refractivity contribution in [1.82, 2.24) is 24.5 Å². The SMILES string of the molecule is CC(C)c1cc(C(F)(F)F)n2nc(C3CCCN3Cc3cccnc3)cc2n1. The van der Waals surface area contributed by atoms with E-state index in [0.717, 1.165) is 35.5 Å². The van der Waals surface area contributed by atoms with Gasteiger partial charge in [-0.2, -0.15) is 18.3 Å². The molecule has 4 heterocycles. The van der Waals surface area contributed by atoms with Crippen molar-refractivity contribution in [2.75, 3.05) is 6.54 Å². The highest BCUT2D eigenvalue weighted by Crippen LogP contribution is 2.35. The third-order valence-electron chi connectivity index (χ3n) is 5.16. The maximum atomic E-state index is 13.6. The molecule has 0 aromatic carbocycles. The lowest BCUT2D eigenvalue weighted by molar-refractivity contribution is -0.142. The monoisotopic (exact) mass is 389 g/mol. The molecule has 1 aliphatic heterocycles. The van der Waals surface area contributed by atoms with Gasteiger partial charge in [0.15, 0.2) is 5.65 Å². The van der Waals surface area contributed by atoms with Gasteiger partial charge in [-0.25, -0.2) is 9.50 Å². The van der Waals surface area contributed by atoms with Crippen LogP contribution in [0.4, 0.5) is 13.2 Å². The van der Waals surface area contributed by atoms with Gasteiger partial charge < -0.3 is 0 Å². The number of likely N-dealkylation sites (tertiary alicyclic amines) is 1. The van der Waals surface area contributed by atoms with Crippen molar-refractivity contribution in [2.45, 2.75) is 51.4 Å². The van der Waals surface area contributed by atoms with E-state index in [1.54, 1.807) is 12.3 Å². The number of pyridine rings is 1. The Kier molecular flexibility index (Phi) is 4.82. The predicted octanol–water partition coefficient (Wildman–Crippen LogP) is 4.60. The molecule has 1 saturated heterocycles. The van der Waals surface area contributed by atoms with Crippen LogP contribution in [0.15, 0.2) is 36.7 Å². The Balaban J connectivity index is 1.72. The molecule has 1 aliphatic rings. The van der Waals surface area contributed by atoms with Crippen molar-refractivity contribution in [3.05, 3.63) is 59.3 Å². The highest BCUT2D eigenvalue weighted by atomic mass is 19.4. The smallest absolute Gasteiger partial charge is 0.290 e. The van der Waals surface area contributed by atoms with Crippen LogP contribution in [0.2, 0.25) is 0 Å². The lowest BCUT2D eigenvalue weighted by atomic mass is 10.1. The van der Waals surface area contributed by atoms with Gasteiger partial charge in [-0.1, -0.05) is 19.9 Å². The zero-order chi connectivity index (χ0) is 19.9. The quantitative estimate of drug-likeness (QED) is 0.654. The third-order valence-corrected chi connectivity index (χ3v) is 5.16. The summed E-state index contributed by atoms with van der Waals surface area (Å²) in [6, 6.07) is 6.68. The van der Waals surface area contributed by atoms with Gasteiger partial charge in [0.05, 0.1) is 11.7 Å². The molecule has 1 fully saturated rings. The van der Waals surface area contributed by atoms with Crippen LogP contribution in [0, 0.1) is 0 Å². The Morgan fingerprint density at radius 3 is 2.75 bits per heavy atom. The van der Waals surface area contributed by atoms with Gasteiger partial charge in [0.25, 0.3) is 0 Å². The molecule has 1 atom stereocenters. The van der Waals surface area contributed by atoms with E-state index in [9.17, 15) is 13.2 Å². The molecule has 0 spiro atoms. The van der Waals surface area contributed by atoms with Gasteiger partial charge >= 0.3 is 6.18 Å². The first-order valence-corrected chi connectivity index (χ1v) is 9.43. The second-order valence-corrected chi connectivity index (χ2v) is 7.55. The van der Waals surface area contributed by atoms with Crippen LogP contribution in [-0.4, -0.2) is 31.0 Å². The summed E-state index contributed by atoms with van der Waals surface area (Å²) < 4.78 is 41.8. The molecule has 148 valence electrons. The number of alkyl halides is 3. The minimum Gasteiger partial charge on any atom is -0.290 e. The number of fused-ring (bicyclic) bond motifs is 1. The molecule has 1 unspecified atom stereocenters. The first kappa shape index (κ1) is 18.9. The Morgan fingerprint density at radius 2 is 2.07 bits per heavy atom. The third kappa shape index (κ3) is 3.61. The Bertz CT molecular complexity index is 965. The Hall–Kier alpha value is -2.48. The Morgan fingerprint density at radius 1 is 1.25 bits per heavy atom. The number of hydrogen-bond donors (Lipinski definition) is 0. The summed E-state index contributed by atoms with van der Waals surface area (Å²) in [5.74, 6) is -0.0991. The van der Waals surface area contributed by atoms with E-state index in [2.05, 4.69) is 20.0 Å². The van der Waals surface area contributed by atoms with Crippen LogP contribution >= 0.6 is 0 Å². The number of nitrogens with zero attached hydrogens (tertiary/aromatic N) is 5. The normalized spacial score (nSPS) is 18.4. The number of aromatic nitrogens is 4. The summed E-state index contributed by atoms with van der Waals surface area (Å²) >= 11 is 0. The molecule has 0 radical (unpaired) electrons. The van der Waals surface area contributed by atoms with E-state index >= 15 is 0 Å². The number of hydrogen-bond acceptors (Lipinski definition) is 4. The zero-order valence-corrected chi connectivity index (χ0v) is 15.8. The molecule has 4 rings (SSSR count). The van der Waals surface area contributed by atoms with E-state index in [1.165, 1.54) is 0 Å². The van der Waals surface area contributed by atoms with Crippen LogP contribution in [0.3, 0.4) is 0 Å². The summed E-state index contributed by atoms with van der Waals surface area (Å²) in [7, 11) is 0. The predicted molar refractivity (Wildman–Crippen MR) is 98.7 cm³/mol. The number of rotatable bonds is 4. The highest BCUT2D eigenvalue weighted by molar-refractivity contribution is 5.44. The topological polar surface area (TPSA) is 46.3 Å². The van der Waals surface area contributed by atoms with E-state index in [4.69, 9.17) is 0 Å². The molecule has 0 N–H and O–H groups in total. The summed E-state index contributed by atoms with van der Waals surface area (Å²) in [6.07, 6.45) is 0.901. The van der Waals surface area contributed by atoms with Gasteiger partial charge in [-0.05, 0) is 43.0 Å². The minimum absolute atomic E-state index is 0.0227. The van der Waals surface area contributed by atoms with E-state index in [-0.39, 0.29) is 17.6 Å². The maximum absolute atomic E-state index is 13.6. The molecule has 8 heteroatoms. The molecule has 5 nitrogen and oxygen atoms in total. The average Bonchev–Trinajstić information content (AvgIpc) is 3.26. The van der Waals surface area contributed by atoms with Crippen molar-refractivity contribution < 1.29 is 13.2 Å². The van der Waals surface area contributed by atoms with Crippen molar-refractivity contribution >= 4 is 5.65 Å². The van der Waals surface area contributed by atoms with Crippen molar-refractivity contribution in [3.63, 3.8) is 0 Å². The molecule has 3 aromatic heterocycles. The fourth-order valence-corrected chi connectivity index (χ4v) is 3.75. The molecule has 0 amide bonds. The highest BCUT2D eigenvalue weighted by Gasteiger charge is 2.36. The second kappa shape index (κ2) is 7.16. The number of halogens is 3. The fraction of sp³-hybridized carbons (Fsp3) is 0.450. The molecule has 0 saturated carbocycles. The first-order valence-electron chi connectivity index (χ1n) is 9.43. The van der Waals surface area contributed by atoms with Crippen molar-refractivity contribution in [3.8, 4) is 0 Å². The van der Waals surface area contributed by atoms with Crippen molar-refractivity contribution in [1.29, 1.82) is 0 Å². The van der Waals surface area contributed by atoms with Crippen LogP contribution in [-0.2, 0) is 12.7 Å². The first-order chi connectivity index (χ1) is 13.3. The molecule has 0 bridgehead atoms. The zero-order valence-electron chi connectivity index (χ0n) is 15.8. The Labute approximate surface area is 161 Å². The van der Waals surface area contributed by atoms with E-state index in [0.29, 0.717) is 17.9 Å². The summed E-state index contributed by atoms with van der Waals surface area (Å²) in [5.41, 5.74) is 1.62. The van der Waals surface area contributed by atoms with Gasteiger partial charge in [0, 0.05) is 30.7 Å².